The molecule has 0 atom stereocenters. The van der Waals surface area contributed by atoms with Crippen LogP contribution >= 0.6 is 0 Å². The van der Waals surface area contributed by atoms with E-state index >= 15 is 0 Å². The van der Waals surface area contributed by atoms with Crippen LogP contribution in [-0.2, 0) is 17.8 Å². The second kappa shape index (κ2) is 7.79. The molecule has 2 aromatic rings. The molecule has 1 amide bonds. The number of carbonyl (C=O) groups is 1. The summed E-state index contributed by atoms with van der Waals surface area (Å²) in [6.07, 6.45) is 1.36. The summed E-state index contributed by atoms with van der Waals surface area (Å²) in [5, 5.41) is 0. The average molecular weight is 295 g/mol. The Bertz CT molecular complexity index is 587. The fourth-order valence-corrected chi connectivity index (χ4v) is 2.46. The van der Waals surface area contributed by atoms with E-state index in [2.05, 4.69) is 50.2 Å². The number of aryl methyl sites for hydroxylation is 1. The number of amides is 1. The summed E-state index contributed by atoms with van der Waals surface area (Å²) in [6.45, 7) is 5.06. The Labute approximate surface area is 133 Å². The summed E-state index contributed by atoms with van der Waals surface area (Å²) >= 11 is 0. The molecule has 2 rings (SSSR count). The third-order valence-corrected chi connectivity index (χ3v) is 3.96. The largest absolute Gasteiger partial charge is 0.341 e. The SMILES string of the molecule is CC(C)c1ccc(CCC(=O)N(C)Cc2ccccc2)cc1. The van der Waals surface area contributed by atoms with Crippen molar-refractivity contribution in [2.45, 2.75) is 39.2 Å². The van der Waals surface area contributed by atoms with Crippen molar-refractivity contribution in [3.63, 3.8) is 0 Å². The molecule has 0 aromatic heterocycles. The van der Waals surface area contributed by atoms with E-state index in [0.717, 1.165) is 6.42 Å². The van der Waals surface area contributed by atoms with E-state index in [0.29, 0.717) is 18.9 Å². The van der Waals surface area contributed by atoms with E-state index in [-0.39, 0.29) is 5.91 Å². The molecule has 116 valence electrons. The van der Waals surface area contributed by atoms with Crippen LogP contribution in [0.4, 0.5) is 0 Å². The molecule has 22 heavy (non-hydrogen) atoms. The van der Waals surface area contributed by atoms with Crippen LogP contribution in [0.15, 0.2) is 54.6 Å². The quantitative estimate of drug-likeness (QED) is 0.773. The standard InChI is InChI=1S/C20H25NO/c1-16(2)19-12-9-17(10-13-19)11-14-20(22)21(3)15-18-7-5-4-6-8-18/h4-10,12-13,16H,11,14-15H2,1-3H3. The molecular formula is C20H25NO. The second-order valence-electron chi connectivity index (χ2n) is 6.13. The van der Waals surface area contributed by atoms with Crippen LogP contribution in [0.3, 0.4) is 0 Å². The molecular weight excluding hydrogens is 270 g/mol. The van der Waals surface area contributed by atoms with E-state index in [1.165, 1.54) is 16.7 Å². The first-order valence-electron chi connectivity index (χ1n) is 7.93. The predicted molar refractivity (Wildman–Crippen MR) is 91.8 cm³/mol. The topological polar surface area (TPSA) is 20.3 Å². The van der Waals surface area contributed by atoms with Crippen molar-refractivity contribution in [1.29, 1.82) is 0 Å². The van der Waals surface area contributed by atoms with Gasteiger partial charge in [0.1, 0.15) is 0 Å². The van der Waals surface area contributed by atoms with Crippen LogP contribution in [0.1, 0.15) is 42.9 Å². The van der Waals surface area contributed by atoms with E-state index in [1.807, 2.05) is 25.2 Å². The molecule has 0 unspecified atom stereocenters. The van der Waals surface area contributed by atoms with Crippen molar-refractivity contribution in [2.75, 3.05) is 7.05 Å². The molecule has 0 aliphatic rings. The Balaban J connectivity index is 1.84. The van der Waals surface area contributed by atoms with Gasteiger partial charge in [0.15, 0.2) is 0 Å². The molecule has 0 radical (unpaired) electrons. The van der Waals surface area contributed by atoms with E-state index in [1.54, 1.807) is 4.90 Å². The maximum Gasteiger partial charge on any atom is 0.222 e. The van der Waals surface area contributed by atoms with Crippen molar-refractivity contribution in [2.24, 2.45) is 0 Å². The Kier molecular flexibility index (Phi) is 5.76. The van der Waals surface area contributed by atoms with Crippen molar-refractivity contribution >= 4 is 5.91 Å². The highest BCUT2D eigenvalue weighted by Gasteiger charge is 2.09. The lowest BCUT2D eigenvalue weighted by molar-refractivity contribution is -0.130. The summed E-state index contributed by atoms with van der Waals surface area (Å²) in [4.78, 5) is 14.0. The monoisotopic (exact) mass is 295 g/mol. The van der Waals surface area contributed by atoms with Crippen LogP contribution in [0, 0.1) is 0 Å². The molecule has 2 heteroatoms. The Hall–Kier alpha value is -2.09. The first kappa shape index (κ1) is 16.3. The highest BCUT2D eigenvalue weighted by molar-refractivity contribution is 5.76. The van der Waals surface area contributed by atoms with Gasteiger partial charge in [-0.3, -0.25) is 4.79 Å². The van der Waals surface area contributed by atoms with Gasteiger partial charge in [-0.1, -0.05) is 68.4 Å². The van der Waals surface area contributed by atoms with Crippen LogP contribution < -0.4 is 0 Å². The highest BCUT2D eigenvalue weighted by atomic mass is 16.2. The number of hydrogen-bond donors (Lipinski definition) is 0. The number of carbonyl (C=O) groups excluding carboxylic acids is 1. The summed E-state index contributed by atoms with van der Waals surface area (Å²) in [5.74, 6) is 0.740. The maximum atomic E-state index is 12.2. The fourth-order valence-electron chi connectivity index (χ4n) is 2.46. The number of rotatable bonds is 6. The zero-order chi connectivity index (χ0) is 15.9. The lowest BCUT2D eigenvalue weighted by Gasteiger charge is -2.17. The van der Waals surface area contributed by atoms with Crippen LogP contribution in [0.2, 0.25) is 0 Å². The lowest BCUT2D eigenvalue weighted by Crippen LogP contribution is -2.26. The van der Waals surface area contributed by atoms with Gasteiger partial charge in [0, 0.05) is 20.0 Å². The van der Waals surface area contributed by atoms with Gasteiger partial charge in [-0.25, -0.2) is 0 Å². The molecule has 0 heterocycles. The predicted octanol–water partition coefficient (Wildman–Crippen LogP) is 4.40. The van der Waals surface area contributed by atoms with Gasteiger partial charge in [-0.15, -0.1) is 0 Å². The van der Waals surface area contributed by atoms with E-state index < -0.39 is 0 Å². The minimum Gasteiger partial charge on any atom is -0.341 e. The minimum atomic E-state index is 0.191. The van der Waals surface area contributed by atoms with E-state index in [4.69, 9.17) is 0 Å². The molecule has 0 fully saturated rings. The minimum absolute atomic E-state index is 0.191. The molecule has 2 nitrogen and oxygen atoms in total. The third-order valence-electron chi connectivity index (χ3n) is 3.96. The van der Waals surface area contributed by atoms with Crippen LogP contribution in [0.5, 0.6) is 0 Å². The smallest absolute Gasteiger partial charge is 0.222 e. The van der Waals surface area contributed by atoms with Gasteiger partial charge in [0.2, 0.25) is 5.91 Å². The van der Waals surface area contributed by atoms with Crippen molar-refractivity contribution in [3.05, 3.63) is 71.3 Å². The molecule has 0 aliphatic heterocycles. The Morgan fingerprint density at radius 3 is 2.18 bits per heavy atom. The fraction of sp³-hybridized carbons (Fsp3) is 0.350. The van der Waals surface area contributed by atoms with Crippen molar-refractivity contribution in [3.8, 4) is 0 Å². The van der Waals surface area contributed by atoms with Gasteiger partial charge in [-0.2, -0.15) is 0 Å². The summed E-state index contributed by atoms with van der Waals surface area (Å²) in [7, 11) is 1.87. The Morgan fingerprint density at radius 2 is 1.59 bits per heavy atom. The average Bonchev–Trinajstić information content (AvgIpc) is 2.53. The third kappa shape index (κ3) is 4.73. The summed E-state index contributed by atoms with van der Waals surface area (Å²) < 4.78 is 0. The van der Waals surface area contributed by atoms with Gasteiger partial charge < -0.3 is 4.90 Å². The number of nitrogens with zero attached hydrogens (tertiary/aromatic N) is 1. The Morgan fingerprint density at radius 1 is 0.955 bits per heavy atom. The van der Waals surface area contributed by atoms with E-state index in [9.17, 15) is 4.79 Å². The summed E-state index contributed by atoms with van der Waals surface area (Å²) in [6, 6.07) is 18.7. The van der Waals surface area contributed by atoms with Crippen molar-refractivity contribution < 1.29 is 4.79 Å². The molecule has 2 aromatic carbocycles. The first-order valence-corrected chi connectivity index (χ1v) is 7.93. The number of benzene rings is 2. The normalized spacial score (nSPS) is 10.7. The molecule has 0 spiro atoms. The first-order chi connectivity index (χ1) is 10.6. The van der Waals surface area contributed by atoms with Gasteiger partial charge >= 0.3 is 0 Å². The maximum absolute atomic E-state index is 12.2. The van der Waals surface area contributed by atoms with Gasteiger partial charge in [0.25, 0.3) is 0 Å². The lowest BCUT2D eigenvalue weighted by atomic mass is 10.0. The molecule has 0 aliphatic carbocycles. The van der Waals surface area contributed by atoms with Crippen molar-refractivity contribution in [1.82, 2.24) is 4.90 Å². The van der Waals surface area contributed by atoms with Crippen LogP contribution in [-0.4, -0.2) is 17.9 Å². The zero-order valence-electron chi connectivity index (χ0n) is 13.8. The zero-order valence-corrected chi connectivity index (χ0v) is 13.8. The molecule has 0 saturated carbocycles. The molecule has 0 saturated heterocycles. The van der Waals surface area contributed by atoms with Gasteiger partial charge in [-0.05, 0) is 29.0 Å². The summed E-state index contributed by atoms with van der Waals surface area (Å²) in [5.41, 5.74) is 3.74. The van der Waals surface area contributed by atoms with Gasteiger partial charge in [0.05, 0.1) is 0 Å². The molecule has 0 N–H and O–H groups in total. The van der Waals surface area contributed by atoms with Crippen LogP contribution in [0.25, 0.3) is 0 Å². The highest BCUT2D eigenvalue weighted by Crippen LogP contribution is 2.15. The second-order valence-corrected chi connectivity index (χ2v) is 6.13. The molecule has 0 bridgehead atoms. The number of hydrogen-bond acceptors (Lipinski definition) is 1.